The standard InChI is InChI=1S/C40H58O4/c1-29(17-13-19-31(3)21-22-35-36(5,6)25-33(41)27-38(35,9)43)15-11-12-16-30(2)18-14-20-32(4)23-24-40-37(7,8)26-34(42)28-39(40,10)44-40/h11-24,33-35,41-43H,25-28H2,1-10H3. The van der Waals surface area contributed by atoms with Gasteiger partial charge in [0.25, 0.3) is 0 Å². The lowest BCUT2D eigenvalue weighted by atomic mass is 9.61. The Labute approximate surface area is 267 Å². The summed E-state index contributed by atoms with van der Waals surface area (Å²) in [6.07, 6.45) is 31.1. The Morgan fingerprint density at radius 1 is 0.614 bits per heavy atom. The van der Waals surface area contributed by atoms with Crippen molar-refractivity contribution in [2.75, 3.05) is 0 Å². The van der Waals surface area contributed by atoms with Crippen LogP contribution < -0.4 is 0 Å². The number of fused-ring (bicyclic) bond motifs is 1. The van der Waals surface area contributed by atoms with Gasteiger partial charge in [-0.3, -0.25) is 0 Å². The second-order valence-corrected chi connectivity index (χ2v) is 15.3. The van der Waals surface area contributed by atoms with E-state index < -0.39 is 11.7 Å². The number of hydrogen-bond acceptors (Lipinski definition) is 4. The predicted molar refractivity (Wildman–Crippen MR) is 185 cm³/mol. The zero-order chi connectivity index (χ0) is 33.0. The van der Waals surface area contributed by atoms with Crippen molar-refractivity contribution in [1.82, 2.24) is 0 Å². The first-order valence-corrected chi connectivity index (χ1v) is 16.2. The molecule has 3 rings (SSSR count). The summed E-state index contributed by atoms with van der Waals surface area (Å²) >= 11 is 0. The maximum Gasteiger partial charge on any atom is 0.121 e. The molecular formula is C40H58O4. The fraction of sp³-hybridized carbons (Fsp3) is 0.550. The summed E-state index contributed by atoms with van der Waals surface area (Å²) in [5.41, 5.74) is 2.84. The zero-order valence-electron chi connectivity index (χ0n) is 28.9. The average molecular weight is 603 g/mol. The van der Waals surface area contributed by atoms with Gasteiger partial charge in [-0.15, -0.1) is 0 Å². The minimum atomic E-state index is -0.915. The fourth-order valence-corrected chi connectivity index (χ4v) is 7.63. The normalized spacial score (nSPS) is 36.8. The topological polar surface area (TPSA) is 73.2 Å². The minimum Gasteiger partial charge on any atom is -0.393 e. The van der Waals surface area contributed by atoms with Gasteiger partial charge in [-0.1, -0.05) is 129 Å². The number of aliphatic hydroxyl groups is 3. The van der Waals surface area contributed by atoms with Gasteiger partial charge in [-0.05, 0) is 65.9 Å². The van der Waals surface area contributed by atoms with Crippen LogP contribution in [0.25, 0.3) is 0 Å². The highest BCUT2D eigenvalue weighted by atomic mass is 16.6. The monoisotopic (exact) mass is 602 g/mol. The van der Waals surface area contributed by atoms with Gasteiger partial charge in [-0.25, -0.2) is 0 Å². The molecule has 0 radical (unpaired) electrons. The number of rotatable bonds is 10. The highest BCUT2D eigenvalue weighted by molar-refractivity contribution is 5.37. The van der Waals surface area contributed by atoms with Gasteiger partial charge in [-0.2, -0.15) is 0 Å². The molecule has 0 aromatic rings. The third kappa shape index (κ3) is 8.81. The van der Waals surface area contributed by atoms with E-state index in [-0.39, 0.29) is 34.1 Å². The van der Waals surface area contributed by atoms with E-state index in [1.54, 1.807) is 0 Å². The van der Waals surface area contributed by atoms with Gasteiger partial charge in [0.1, 0.15) is 11.2 Å². The molecular weight excluding hydrogens is 544 g/mol. The SMILES string of the molecule is CC(C=CC=C(C)C=CC1C(C)(C)CC(O)CC1(C)O)=CC=CC=C(C)C=CC=C(C)C=CC12OC1(C)CC(O)CC2(C)C. The van der Waals surface area contributed by atoms with Gasteiger partial charge in [0.2, 0.25) is 0 Å². The van der Waals surface area contributed by atoms with E-state index in [0.29, 0.717) is 19.3 Å². The van der Waals surface area contributed by atoms with E-state index in [1.165, 1.54) is 0 Å². The third-order valence-corrected chi connectivity index (χ3v) is 9.83. The van der Waals surface area contributed by atoms with Crippen molar-refractivity contribution < 1.29 is 20.1 Å². The molecule has 0 bridgehead atoms. The molecule has 0 aromatic carbocycles. The van der Waals surface area contributed by atoms with Crippen LogP contribution in [0.1, 0.15) is 94.9 Å². The van der Waals surface area contributed by atoms with Crippen LogP contribution >= 0.6 is 0 Å². The second-order valence-electron chi connectivity index (χ2n) is 15.3. The summed E-state index contributed by atoms with van der Waals surface area (Å²) in [6.45, 7) is 20.9. The zero-order valence-corrected chi connectivity index (χ0v) is 28.9. The summed E-state index contributed by atoms with van der Waals surface area (Å²) in [5, 5.41) is 31.3. The van der Waals surface area contributed by atoms with Crippen molar-refractivity contribution in [3.8, 4) is 0 Å². The Bertz CT molecular complexity index is 1290. The van der Waals surface area contributed by atoms with Crippen LogP contribution in [0, 0.1) is 16.7 Å². The van der Waals surface area contributed by atoms with Crippen molar-refractivity contribution in [1.29, 1.82) is 0 Å². The van der Waals surface area contributed by atoms with Crippen molar-refractivity contribution in [2.45, 2.75) is 124 Å². The van der Waals surface area contributed by atoms with Gasteiger partial charge < -0.3 is 20.1 Å². The van der Waals surface area contributed by atoms with E-state index in [1.807, 2.05) is 19.1 Å². The number of epoxide rings is 1. The number of allylic oxidation sites excluding steroid dienone is 16. The lowest BCUT2D eigenvalue weighted by Crippen LogP contribution is -2.50. The van der Waals surface area contributed by atoms with Crippen LogP contribution in [0.3, 0.4) is 0 Å². The predicted octanol–water partition coefficient (Wildman–Crippen LogP) is 8.81. The Balaban J connectivity index is 1.50. The molecule has 242 valence electrons. The molecule has 1 saturated heterocycles. The van der Waals surface area contributed by atoms with Crippen LogP contribution in [0.2, 0.25) is 0 Å². The highest BCUT2D eigenvalue weighted by Crippen LogP contribution is 2.66. The Morgan fingerprint density at radius 2 is 1.09 bits per heavy atom. The molecule has 44 heavy (non-hydrogen) atoms. The molecule has 6 atom stereocenters. The van der Waals surface area contributed by atoms with E-state index in [0.717, 1.165) is 28.7 Å². The van der Waals surface area contributed by atoms with E-state index in [4.69, 9.17) is 4.74 Å². The van der Waals surface area contributed by atoms with Crippen molar-refractivity contribution in [3.05, 3.63) is 107 Å². The lowest BCUT2D eigenvalue weighted by molar-refractivity contribution is -0.111. The van der Waals surface area contributed by atoms with Crippen LogP contribution in [0.5, 0.6) is 0 Å². The number of aliphatic hydroxyl groups excluding tert-OH is 2. The smallest absolute Gasteiger partial charge is 0.121 e. The van der Waals surface area contributed by atoms with Gasteiger partial charge in [0, 0.05) is 24.2 Å². The maximum atomic E-state index is 10.9. The van der Waals surface area contributed by atoms with Crippen LogP contribution in [0.4, 0.5) is 0 Å². The van der Waals surface area contributed by atoms with E-state index in [2.05, 4.69) is 135 Å². The van der Waals surface area contributed by atoms with Gasteiger partial charge in [0.05, 0.1) is 17.8 Å². The van der Waals surface area contributed by atoms with Gasteiger partial charge in [0.15, 0.2) is 0 Å². The first-order chi connectivity index (χ1) is 20.3. The first-order valence-electron chi connectivity index (χ1n) is 16.2. The summed E-state index contributed by atoms with van der Waals surface area (Å²) in [6, 6.07) is 0. The molecule has 0 spiro atoms. The average Bonchev–Trinajstić information content (AvgIpc) is 3.49. The molecule has 3 aliphatic rings. The molecule has 0 amide bonds. The first kappa shape index (κ1) is 36.0. The Hall–Kier alpha value is -2.50. The molecule has 0 aromatic heterocycles. The van der Waals surface area contributed by atoms with Crippen LogP contribution in [0.15, 0.2) is 107 Å². The molecule has 1 heterocycles. The molecule has 3 fully saturated rings. The number of hydrogen-bond donors (Lipinski definition) is 3. The van der Waals surface area contributed by atoms with Crippen LogP contribution in [-0.2, 0) is 4.74 Å². The number of ether oxygens (including phenoxy) is 1. The molecule has 2 saturated carbocycles. The quantitative estimate of drug-likeness (QED) is 0.173. The molecule has 2 aliphatic carbocycles. The molecule has 3 N–H and O–H groups in total. The Kier molecular flexibility index (Phi) is 11.3. The maximum absolute atomic E-state index is 10.9. The minimum absolute atomic E-state index is 0.0137. The second kappa shape index (κ2) is 13.9. The molecule has 1 aliphatic heterocycles. The van der Waals surface area contributed by atoms with Gasteiger partial charge >= 0.3 is 0 Å². The summed E-state index contributed by atoms with van der Waals surface area (Å²) in [7, 11) is 0. The Morgan fingerprint density at radius 3 is 1.61 bits per heavy atom. The van der Waals surface area contributed by atoms with Crippen molar-refractivity contribution >= 4 is 0 Å². The largest absolute Gasteiger partial charge is 0.393 e. The highest BCUT2D eigenvalue weighted by Gasteiger charge is 2.74. The van der Waals surface area contributed by atoms with Crippen LogP contribution in [-0.4, -0.2) is 44.3 Å². The lowest BCUT2D eigenvalue weighted by Gasteiger charge is -2.48. The summed E-state index contributed by atoms with van der Waals surface area (Å²) in [4.78, 5) is 0. The summed E-state index contributed by atoms with van der Waals surface area (Å²) < 4.78 is 6.24. The van der Waals surface area contributed by atoms with Crippen molar-refractivity contribution in [2.24, 2.45) is 16.7 Å². The summed E-state index contributed by atoms with van der Waals surface area (Å²) in [5.74, 6) is -0.0137. The van der Waals surface area contributed by atoms with E-state index >= 15 is 0 Å². The molecule has 6 unspecified atom stereocenters. The third-order valence-electron chi connectivity index (χ3n) is 9.83. The molecule has 4 heteroatoms. The molecule has 4 nitrogen and oxygen atoms in total. The fourth-order valence-electron chi connectivity index (χ4n) is 7.63. The van der Waals surface area contributed by atoms with E-state index in [9.17, 15) is 15.3 Å². The van der Waals surface area contributed by atoms with Crippen molar-refractivity contribution in [3.63, 3.8) is 0 Å².